The molecule has 0 radical (unpaired) electrons. The first-order chi connectivity index (χ1) is 12.8. The van der Waals surface area contributed by atoms with E-state index in [1.165, 1.54) is 24.3 Å². The highest BCUT2D eigenvalue weighted by Gasteiger charge is 2.02. The van der Waals surface area contributed by atoms with E-state index in [1.54, 1.807) is 30.3 Å². The van der Waals surface area contributed by atoms with Gasteiger partial charge in [0.15, 0.2) is 11.1 Å². The topological polar surface area (TPSA) is 86.9 Å². The van der Waals surface area contributed by atoms with Gasteiger partial charge in [-0.05, 0) is 54.6 Å². The second-order valence-electron chi connectivity index (χ2n) is 4.43. The van der Waals surface area contributed by atoms with Crippen molar-refractivity contribution in [2.24, 2.45) is 0 Å². The highest BCUT2D eigenvalue weighted by Crippen LogP contribution is 2.18. The third-order valence-corrected chi connectivity index (χ3v) is 4.00. The van der Waals surface area contributed by atoms with E-state index in [2.05, 4.69) is 28.1 Å². The van der Waals surface area contributed by atoms with Crippen LogP contribution in [0.15, 0.2) is 78.4 Å². The predicted octanol–water partition coefficient (Wildman–Crippen LogP) is 4.57. The third-order valence-electron chi connectivity index (χ3n) is 2.50. The molecule has 0 aliphatic rings. The lowest BCUT2D eigenvalue weighted by Crippen LogP contribution is -2.02. The lowest BCUT2D eigenvalue weighted by atomic mass is 10.2. The molecule has 1 N–H and O–H groups in total. The van der Waals surface area contributed by atoms with Crippen LogP contribution >= 0.6 is 0 Å². The van der Waals surface area contributed by atoms with Crippen LogP contribution in [0.25, 0.3) is 11.0 Å². The van der Waals surface area contributed by atoms with Crippen LogP contribution in [-0.2, 0) is 26.6 Å². The van der Waals surface area contributed by atoms with Crippen LogP contribution in [0, 0.1) is 0 Å². The normalized spacial score (nSPS) is 11.9. The molecule has 2 aromatic carbocycles. The largest absolute Gasteiger partial charge is 0.508 e. The molecule has 0 fully saturated rings. The molecule has 0 heterocycles. The molecule has 2 aromatic rings. The molecule has 0 amide bonds. The van der Waals surface area contributed by atoms with Crippen molar-refractivity contribution in [3.05, 3.63) is 83.9 Å². The van der Waals surface area contributed by atoms with E-state index in [4.69, 9.17) is 9.29 Å². The first kappa shape index (κ1) is 22.4. The second-order valence-corrected chi connectivity index (χ2v) is 6.27. The van der Waals surface area contributed by atoms with Gasteiger partial charge in [-0.15, -0.1) is 5.73 Å². The molecule has 0 saturated heterocycles. The number of nitrogens with zero attached hydrogens (tertiary/aromatic N) is 1. The smallest absolute Gasteiger partial charge is 0.263 e. The zero-order valence-electron chi connectivity index (χ0n) is 13.7. The predicted molar refractivity (Wildman–Crippen MR) is 99.1 cm³/mol. The van der Waals surface area contributed by atoms with Crippen LogP contribution in [0.2, 0.25) is 0 Å². The first-order valence-corrected chi connectivity index (χ1v) is 9.08. The summed E-state index contributed by atoms with van der Waals surface area (Å²) in [6, 6.07) is 12.1. The lowest BCUT2D eigenvalue weighted by molar-refractivity contribution is 0.426. The Morgan fingerprint density at radius 2 is 1.67 bits per heavy atom. The molecule has 0 bridgehead atoms. The Morgan fingerprint density at radius 1 is 1.11 bits per heavy atom. The molecule has 2 atom stereocenters. The fraction of sp³-hybridized carbons (Fsp3) is 0. The van der Waals surface area contributed by atoms with Gasteiger partial charge in [-0.1, -0.05) is 18.7 Å². The molecule has 2 rings (SSSR count). The van der Waals surface area contributed by atoms with Crippen LogP contribution in [-0.4, -0.2) is 13.5 Å². The summed E-state index contributed by atoms with van der Waals surface area (Å²) in [5.74, 6) is 0.344. The number of hydrogen-bond acceptors (Lipinski definition) is 5. The fourth-order valence-corrected chi connectivity index (χ4v) is 2.66. The lowest BCUT2D eigenvalue weighted by Gasteiger charge is -2.18. The van der Waals surface area contributed by atoms with Crippen LogP contribution in [0.5, 0.6) is 11.5 Å². The maximum atomic E-state index is 11.7. The van der Waals surface area contributed by atoms with Crippen molar-refractivity contribution in [1.29, 1.82) is 0 Å². The summed E-state index contributed by atoms with van der Waals surface area (Å²) < 4.78 is 53.3. The van der Waals surface area contributed by atoms with Gasteiger partial charge in [0.2, 0.25) is 0 Å². The molecule has 144 valence electrons. The molecular formula is C17H14F2NO5S2-. The Balaban J connectivity index is 0.000000828. The Morgan fingerprint density at radius 3 is 2.19 bits per heavy atom. The highest BCUT2D eigenvalue weighted by atomic mass is 32.2. The first-order valence-electron chi connectivity index (χ1n) is 6.97. The van der Waals surface area contributed by atoms with E-state index in [0.29, 0.717) is 5.75 Å². The van der Waals surface area contributed by atoms with Gasteiger partial charge in [-0.3, -0.25) is 0 Å². The molecular weight excluding hydrogens is 400 g/mol. The fourth-order valence-electron chi connectivity index (χ4n) is 1.49. The minimum absolute atomic E-state index is 0.0318. The summed E-state index contributed by atoms with van der Waals surface area (Å²) in [5.41, 5.74) is 3.49. The summed E-state index contributed by atoms with van der Waals surface area (Å²) in [4.78, 5) is 3.50. The molecule has 0 aliphatic carbocycles. The van der Waals surface area contributed by atoms with Crippen molar-refractivity contribution in [3.8, 4) is 11.5 Å². The minimum Gasteiger partial charge on any atom is -0.508 e. The minimum atomic E-state index is -2.16. The summed E-state index contributed by atoms with van der Waals surface area (Å²) >= 11 is -4.11. The van der Waals surface area contributed by atoms with Gasteiger partial charge in [0.05, 0.1) is 4.90 Å². The average Bonchev–Trinajstić information content (AvgIpc) is 2.62. The molecule has 0 saturated carbocycles. The number of aromatic hydroxyl groups is 1. The monoisotopic (exact) mass is 414 g/mol. The summed E-state index contributed by atoms with van der Waals surface area (Å²) in [6.45, 7) is 5.68. The van der Waals surface area contributed by atoms with Crippen LogP contribution < -0.4 is 4.18 Å². The quantitative estimate of drug-likeness (QED) is 0.530. The van der Waals surface area contributed by atoms with Crippen LogP contribution in [0.4, 0.5) is 8.78 Å². The average molecular weight is 414 g/mol. The van der Waals surface area contributed by atoms with Crippen LogP contribution in [0.3, 0.4) is 0 Å². The van der Waals surface area contributed by atoms with Crippen molar-refractivity contribution in [2.45, 2.75) is 4.90 Å². The third kappa shape index (κ3) is 9.59. The summed E-state index contributed by atoms with van der Waals surface area (Å²) in [6.07, 6.45) is -0.158. The molecule has 0 aromatic heterocycles. The molecule has 10 heteroatoms. The molecule has 0 spiro atoms. The van der Waals surface area contributed by atoms with Crippen molar-refractivity contribution in [2.75, 3.05) is 0 Å². The number of rotatable bonds is 7. The Hall–Kier alpha value is -2.62. The molecule has 27 heavy (non-hydrogen) atoms. The Labute approximate surface area is 159 Å². The maximum absolute atomic E-state index is 11.7. The van der Waals surface area contributed by atoms with E-state index in [9.17, 15) is 17.2 Å². The Kier molecular flexibility index (Phi) is 9.88. The van der Waals surface area contributed by atoms with E-state index in [0.717, 1.165) is 5.56 Å². The van der Waals surface area contributed by atoms with Crippen molar-refractivity contribution < 1.29 is 30.8 Å². The highest BCUT2D eigenvalue weighted by molar-refractivity contribution is 7.85. The zero-order valence-corrected chi connectivity index (χ0v) is 15.3. The van der Waals surface area contributed by atoms with Crippen molar-refractivity contribution in [3.63, 3.8) is 0 Å². The van der Waals surface area contributed by atoms with Gasteiger partial charge >= 0.3 is 0 Å². The van der Waals surface area contributed by atoms with Crippen molar-refractivity contribution in [1.82, 2.24) is 0 Å². The van der Waals surface area contributed by atoms with E-state index < -0.39 is 28.4 Å². The number of halogens is 2. The SMILES string of the molecule is C=C(F)F.C=C=Cc1ccc(OS(=O)[N-]OS(=O)c2ccc(O)cc2)cc1. The number of benzene rings is 2. The van der Waals surface area contributed by atoms with E-state index in [1.807, 2.05) is 0 Å². The Bertz CT molecular complexity index is 847. The summed E-state index contributed by atoms with van der Waals surface area (Å²) in [7, 11) is 0. The van der Waals surface area contributed by atoms with Gasteiger partial charge in [0.25, 0.3) is 6.08 Å². The van der Waals surface area contributed by atoms with Gasteiger partial charge in [-0.2, -0.15) is 8.78 Å². The maximum Gasteiger partial charge on any atom is 0.263 e. The molecule has 6 nitrogen and oxygen atoms in total. The van der Waals surface area contributed by atoms with Gasteiger partial charge in [-0.25, -0.2) is 8.42 Å². The molecule has 0 aliphatic heterocycles. The summed E-state index contributed by atoms with van der Waals surface area (Å²) in [5, 5.41) is 9.13. The van der Waals surface area contributed by atoms with Gasteiger partial charge in [0, 0.05) is 0 Å². The van der Waals surface area contributed by atoms with Gasteiger partial charge in [0.1, 0.15) is 22.8 Å². The van der Waals surface area contributed by atoms with Crippen molar-refractivity contribution >= 4 is 28.4 Å². The van der Waals surface area contributed by atoms with E-state index in [-0.39, 0.29) is 10.6 Å². The van der Waals surface area contributed by atoms with Gasteiger partial charge < -0.3 is 18.5 Å². The van der Waals surface area contributed by atoms with E-state index >= 15 is 0 Å². The second kappa shape index (κ2) is 11.9. The number of hydrogen-bond donors (Lipinski definition) is 1. The zero-order chi connectivity index (χ0) is 20.2. The standard InChI is InChI=1S/C15H12NO5S2.C2H2F2/c1-2-3-12-4-8-14(9-5-12)20-23(19)16-21-22(18)15-10-6-13(17)7-11-15;1-2(3)4/h3-11,17H,1H2;1H2/q-1;. The molecule has 2 unspecified atom stereocenters. The number of phenols is 1. The number of phenolic OH excluding ortho intramolecular Hbond substituents is 1. The van der Waals surface area contributed by atoms with Crippen LogP contribution in [0.1, 0.15) is 5.56 Å².